The Morgan fingerprint density at radius 2 is 1.75 bits per heavy atom. The van der Waals surface area contributed by atoms with Gasteiger partial charge in [-0.3, -0.25) is 0 Å². The molecule has 66 valence electrons. The van der Waals surface area contributed by atoms with Crippen LogP contribution in [0.15, 0.2) is 12.1 Å². The van der Waals surface area contributed by atoms with Crippen molar-refractivity contribution in [2.24, 2.45) is 0 Å². The molecule has 4 heteroatoms. The highest BCUT2D eigenvalue weighted by Crippen LogP contribution is 2.25. The number of pyridine rings is 1. The van der Waals surface area contributed by atoms with Crippen molar-refractivity contribution in [3.8, 4) is 0 Å². The summed E-state index contributed by atoms with van der Waals surface area (Å²) in [5.74, 6) is 0. The van der Waals surface area contributed by atoms with Crippen LogP contribution >= 0.6 is 0 Å². The van der Waals surface area contributed by atoms with E-state index in [9.17, 15) is 13.2 Å². The predicted octanol–water partition coefficient (Wildman–Crippen LogP) is 2.14. The lowest BCUT2D eigenvalue weighted by molar-refractivity contribution is -0.434. The zero-order valence-electron chi connectivity index (χ0n) is 6.79. The molecule has 1 aromatic heterocycles. The van der Waals surface area contributed by atoms with Gasteiger partial charge in [0.25, 0.3) is 5.69 Å². The fourth-order valence-electron chi connectivity index (χ4n) is 0.841. The second kappa shape index (κ2) is 2.77. The standard InChI is InChI=1S/C8H8F3N/c1-5-3-4-7(8(9,10)11)12-6(5)2/h3-4H,1-2H3/p+1. The summed E-state index contributed by atoms with van der Waals surface area (Å²) in [7, 11) is 0. The molecule has 0 saturated carbocycles. The Balaban J connectivity index is 3.14. The molecular weight excluding hydrogens is 167 g/mol. The second-order valence-electron chi connectivity index (χ2n) is 2.68. The zero-order chi connectivity index (χ0) is 9.35. The predicted molar refractivity (Wildman–Crippen MR) is 37.5 cm³/mol. The highest BCUT2D eigenvalue weighted by molar-refractivity contribution is 5.15. The molecule has 0 spiro atoms. The molecule has 0 aromatic carbocycles. The summed E-state index contributed by atoms with van der Waals surface area (Å²) in [6, 6.07) is 2.50. The van der Waals surface area contributed by atoms with E-state index in [-0.39, 0.29) is 0 Å². The van der Waals surface area contributed by atoms with Crippen LogP contribution in [0.1, 0.15) is 17.0 Å². The van der Waals surface area contributed by atoms with Crippen LogP contribution in [0.2, 0.25) is 0 Å². The van der Waals surface area contributed by atoms with Crippen molar-refractivity contribution in [2.45, 2.75) is 20.0 Å². The number of aromatic amines is 1. The van der Waals surface area contributed by atoms with Crippen LogP contribution in [-0.4, -0.2) is 0 Å². The molecule has 1 rings (SSSR count). The number of rotatable bonds is 0. The fourth-order valence-corrected chi connectivity index (χ4v) is 0.841. The summed E-state index contributed by atoms with van der Waals surface area (Å²) in [4.78, 5) is 2.29. The van der Waals surface area contributed by atoms with Crippen molar-refractivity contribution < 1.29 is 18.2 Å². The van der Waals surface area contributed by atoms with Gasteiger partial charge in [0.05, 0.1) is 0 Å². The number of aromatic nitrogens is 1. The summed E-state index contributed by atoms with van der Waals surface area (Å²) in [5.41, 5.74) is 0.665. The highest BCUT2D eigenvalue weighted by atomic mass is 19.4. The molecule has 12 heavy (non-hydrogen) atoms. The minimum Gasteiger partial charge on any atom is -0.205 e. The molecule has 0 fully saturated rings. The normalized spacial score (nSPS) is 11.8. The molecule has 0 aliphatic carbocycles. The number of hydrogen-bond acceptors (Lipinski definition) is 0. The van der Waals surface area contributed by atoms with Crippen LogP contribution in [0, 0.1) is 13.8 Å². The Morgan fingerprint density at radius 3 is 2.17 bits per heavy atom. The summed E-state index contributed by atoms with van der Waals surface area (Å²) in [6.45, 7) is 3.37. The van der Waals surface area contributed by atoms with Crippen LogP contribution in [-0.2, 0) is 6.18 Å². The van der Waals surface area contributed by atoms with E-state index in [4.69, 9.17) is 0 Å². The largest absolute Gasteiger partial charge is 0.477 e. The second-order valence-corrected chi connectivity index (χ2v) is 2.68. The third kappa shape index (κ3) is 1.75. The summed E-state index contributed by atoms with van der Waals surface area (Å²) >= 11 is 0. The molecule has 0 radical (unpaired) electrons. The molecule has 0 aliphatic heterocycles. The molecule has 0 aliphatic rings. The molecule has 0 bridgehead atoms. The summed E-state index contributed by atoms with van der Waals surface area (Å²) in [6.07, 6.45) is -4.28. The summed E-state index contributed by atoms with van der Waals surface area (Å²) < 4.78 is 36.2. The minimum atomic E-state index is -4.28. The van der Waals surface area contributed by atoms with Crippen molar-refractivity contribution >= 4 is 0 Å². The summed E-state index contributed by atoms with van der Waals surface area (Å²) in [5, 5.41) is 0. The smallest absolute Gasteiger partial charge is 0.205 e. The van der Waals surface area contributed by atoms with Crippen LogP contribution < -0.4 is 4.98 Å². The molecule has 1 N–H and O–H groups in total. The van der Waals surface area contributed by atoms with Gasteiger partial charge in [-0.1, -0.05) is 0 Å². The monoisotopic (exact) mass is 176 g/mol. The Morgan fingerprint density at radius 1 is 1.17 bits per heavy atom. The number of halogens is 3. The lowest BCUT2D eigenvalue weighted by Gasteiger charge is -2.01. The van der Waals surface area contributed by atoms with Gasteiger partial charge in [-0.2, -0.15) is 13.2 Å². The van der Waals surface area contributed by atoms with E-state index in [0.29, 0.717) is 5.69 Å². The molecular formula is C8H9F3N+. The van der Waals surface area contributed by atoms with Crippen molar-refractivity contribution in [3.63, 3.8) is 0 Å². The van der Waals surface area contributed by atoms with Gasteiger partial charge in [0.2, 0.25) is 0 Å². The zero-order valence-corrected chi connectivity index (χ0v) is 6.79. The maximum Gasteiger partial charge on any atom is 0.477 e. The number of alkyl halides is 3. The van der Waals surface area contributed by atoms with Gasteiger partial charge >= 0.3 is 6.18 Å². The average molecular weight is 176 g/mol. The lowest BCUT2D eigenvalue weighted by Crippen LogP contribution is -2.23. The first kappa shape index (κ1) is 9.03. The quantitative estimate of drug-likeness (QED) is 0.575. The van der Waals surface area contributed by atoms with E-state index in [1.807, 2.05) is 0 Å². The number of nitrogens with one attached hydrogen (secondary N) is 1. The van der Waals surface area contributed by atoms with E-state index in [1.165, 1.54) is 6.07 Å². The van der Waals surface area contributed by atoms with Gasteiger partial charge in [0.15, 0.2) is 5.69 Å². The van der Waals surface area contributed by atoms with Crippen LogP contribution in [0.5, 0.6) is 0 Å². The molecule has 0 saturated heterocycles. The van der Waals surface area contributed by atoms with Crippen LogP contribution in [0.4, 0.5) is 13.2 Å². The number of hydrogen-bond donors (Lipinski definition) is 0. The van der Waals surface area contributed by atoms with Gasteiger partial charge in [-0.15, -0.1) is 0 Å². The molecule has 0 amide bonds. The molecule has 1 nitrogen and oxygen atoms in total. The Kier molecular flexibility index (Phi) is 2.08. The van der Waals surface area contributed by atoms with Gasteiger partial charge < -0.3 is 0 Å². The Bertz CT molecular complexity index is 291. The fraction of sp³-hybridized carbons (Fsp3) is 0.375. The van der Waals surface area contributed by atoms with E-state index >= 15 is 0 Å². The van der Waals surface area contributed by atoms with E-state index in [2.05, 4.69) is 4.98 Å². The van der Waals surface area contributed by atoms with Crippen molar-refractivity contribution in [1.82, 2.24) is 0 Å². The first-order valence-electron chi connectivity index (χ1n) is 3.48. The minimum absolute atomic E-state index is 0.546. The third-order valence-corrected chi connectivity index (χ3v) is 1.72. The van der Waals surface area contributed by atoms with Gasteiger partial charge in [0, 0.05) is 18.6 Å². The first-order valence-corrected chi connectivity index (χ1v) is 3.48. The maximum absolute atomic E-state index is 12.1. The number of H-pyrrole nitrogens is 1. The molecule has 1 aromatic rings. The van der Waals surface area contributed by atoms with Gasteiger partial charge in [-0.25, -0.2) is 4.98 Å². The lowest BCUT2D eigenvalue weighted by atomic mass is 10.2. The molecule has 0 atom stereocenters. The van der Waals surface area contributed by atoms with Gasteiger partial charge in [0.1, 0.15) is 0 Å². The topological polar surface area (TPSA) is 14.1 Å². The SMILES string of the molecule is Cc1ccc(C(F)(F)F)[nH+]c1C. The average Bonchev–Trinajstić information content (AvgIpc) is 1.92. The Labute approximate surface area is 68.2 Å². The maximum atomic E-state index is 12.1. The molecule has 1 heterocycles. The van der Waals surface area contributed by atoms with Crippen LogP contribution in [0.3, 0.4) is 0 Å². The van der Waals surface area contributed by atoms with Crippen molar-refractivity contribution in [1.29, 1.82) is 0 Å². The van der Waals surface area contributed by atoms with E-state index < -0.39 is 11.9 Å². The van der Waals surface area contributed by atoms with Crippen molar-refractivity contribution in [3.05, 3.63) is 29.1 Å². The molecule has 0 unspecified atom stereocenters. The van der Waals surface area contributed by atoms with E-state index in [0.717, 1.165) is 11.6 Å². The van der Waals surface area contributed by atoms with Crippen LogP contribution in [0.25, 0.3) is 0 Å². The van der Waals surface area contributed by atoms with E-state index in [1.54, 1.807) is 13.8 Å². The van der Waals surface area contributed by atoms with Crippen molar-refractivity contribution in [2.75, 3.05) is 0 Å². The third-order valence-electron chi connectivity index (χ3n) is 1.72. The highest BCUT2D eigenvalue weighted by Gasteiger charge is 2.38. The van der Waals surface area contributed by atoms with Gasteiger partial charge in [-0.05, 0) is 13.0 Å². The first-order chi connectivity index (χ1) is 5.41. The Hall–Kier alpha value is -1.06. The number of aryl methyl sites for hydroxylation is 2.